The number of thiazole rings is 1. The van der Waals surface area contributed by atoms with Crippen LogP contribution < -0.4 is 16.2 Å². The van der Waals surface area contributed by atoms with Crippen LogP contribution in [0.2, 0.25) is 0 Å². The molecule has 25 heavy (non-hydrogen) atoms. The molecule has 1 aliphatic carbocycles. The van der Waals surface area contributed by atoms with E-state index in [1.807, 2.05) is 18.2 Å². The molecule has 2 aromatic rings. The number of rotatable bonds is 3. The van der Waals surface area contributed by atoms with Gasteiger partial charge in [0.1, 0.15) is 0 Å². The van der Waals surface area contributed by atoms with Crippen LogP contribution >= 0.6 is 11.3 Å². The van der Waals surface area contributed by atoms with Gasteiger partial charge in [0.2, 0.25) is 5.91 Å². The van der Waals surface area contributed by atoms with E-state index in [-0.39, 0.29) is 17.9 Å². The molecular weight excluding hydrogens is 332 g/mol. The summed E-state index contributed by atoms with van der Waals surface area (Å²) in [6.45, 7) is 0.622. The third kappa shape index (κ3) is 3.76. The highest BCUT2D eigenvalue weighted by Crippen LogP contribution is 2.30. The minimum atomic E-state index is -0.145. The van der Waals surface area contributed by atoms with Crippen molar-refractivity contribution in [2.75, 3.05) is 11.9 Å². The molecule has 5 nitrogen and oxygen atoms in total. The van der Waals surface area contributed by atoms with Crippen molar-refractivity contribution >= 4 is 22.4 Å². The molecule has 0 saturated carbocycles. The lowest BCUT2D eigenvalue weighted by molar-refractivity contribution is -0.119. The summed E-state index contributed by atoms with van der Waals surface area (Å²) in [5.41, 5.74) is 8.67. The molecule has 1 fully saturated rings. The summed E-state index contributed by atoms with van der Waals surface area (Å²) in [4.78, 5) is 18.9. The Hall–Kier alpha value is -1.76. The Bertz CT molecular complexity index is 705. The molecule has 3 N–H and O–H groups in total. The first kappa shape index (κ1) is 16.7. The summed E-state index contributed by atoms with van der Waals surface area (Å²) in [5, 5.41) is 3.83. The smallest absolute Gasteiger partial charge is 0.232 e. The highest BCUT2D eigenvalue weighted by atomic mass is 32.1. The summed E-state index contributed by atoms with van der Waals surface area (Å²) < 4.78 is 0. The molecule has 2 unspecified atom stereocenters. The lowest BCUT2D eigenvalue weighted by Gasteiger charge is -2.17. The Labute approximate surface area is 152 Å². The molecule has 0 radical (unpaired) electrons. The second-order valence-electron chi connectivity index (χ2n) is 6.81. The predicted molar refractivity (Wildman–Crippen MR) is 100 cm³/mol. The van der Waals surface area contributed by atoms with Crippen molar-refractivity contribution in [2.24, 2.45) is 5.92 Å². The van der Waals surface area contributed by atoms with E-state index in [0.717, 1.165) is 23.5 Å². The topological polar surface area (TPSA) is 66.0 Å². The van der Waals surface area contributed by atoms with Crippen molar-refractivity contribution in [1.82, 2.24) is 15.8 Å². The molecule has 4 rings (SSSR count). The summed E-state index contributed by atoms with van der Waals surface area (Å²) >= 11 is 1.66. The number of fused-ring (bicyclic) bond motifs is 1. The van der Waals surface area contributed by atoms with Crippen molar-refractivity contribution in [2.45, 2.75) is 44.6 Å². The Balaban J connectivity index is 1.47. The van der Waals surface area contributed by atoms with Crippen LogP contribution in [-0.2, 0) is 17.6 Å². The normalized spacial score (nSPS) is 23.5. The van der Waals surface area contributed by atoms with Gasteiger partial charge in [0, 0.05) is 11.4 Å². The van der Waals surface area contributed by atoms with Gasteiger partial charge in [0.15, 0.2) is 5.13 Å². The van der Waals surface area contributed by atoms with Crippen LogP contribution in [0.1, 0.15) is 47.9 Å². The van der Waals surface area contributed by atoms with Gasteiger partial charge < -0.3 is 5.32 Å². The number of benzene rings is 1. The predicted octanol–water partition coefficient (Wildman–Crippen LogP) is 3.21. The van der Waals surface area contributed by atoms with Gasteiger partial charge in [-0.3, -0.25) is 10.2 Å². The van der Waals surface area contributed by atoms with Crippen LogP contribution in [0.3, 0.4) is 0 Å². The lowest BCUT2D eigenvalue weighted by Crippen LogP contribution is -2.29. The third-order valence-corrected chi connectivity index (χ3v) is 6.13. The molecule has 1 saturated heterocycles. The molecule has 2 atom stereocenters. The van der Waals surface area contributed by atoms with E-state index in [2.05, 4.69) is 28.3 Å². The Morgan fingerprint density at radius 1 is 1.12 bits per heavy atom. The van der Waals surface area contributed by atoms with E-state index in [0.29, 0.717) is 6.54 Å². The number of carbonyl (C=O) groups excluding carboxylic acids is 1. The van der Waals surface area contributed by atoms with E-state index >= 15 is 0 Å². The fourth-order valence-corrected chi connectivity index (χ4v) is 4.73. The molecule has 6 heteroatoms. The largest absolute Gasteiger partial charge is 0.302 e. The first-order valence-electron chi connectivity index (χ1n) is 9.14. The van der Waals surface area contributed by atoms with Crippen molar-refractivity contribution in [3.8, 4) is 0 Å². The number of aromatic nitrogens is 1. The van der Waals surface area contributed by atoms with Gasteiger partial charge in [-0.2, -0.15) is 0 Å². The first-order valence-corrected chi connectivity index (χ1v) is 9.96. The first-order chi connectivity index (χ1) is 12.3. The van der Waals surface area contributed by atoms with Crippen LogP contribution in [0.4, 0.5) is 5.13 Å². The van der Waals surface area contributed by atoms with E-state index < -0.39 is 0 Å². The Kier molecular flexibility index (Phi) is 5.10. The van der Waals surface area contributed by atoms with Gasteiger partial charge >= 0.3 is 0 Å². The SMILES string of the molecule is O=C(Nc1nc2c(s1)CCCCCC2)C1CNNC1c1ccccc1. The second-order valence-corrected chi connectivity index (χ2v) is 7.90. The minimum absolute atomic E-state index is 0.0119. The molecule has 1 aromatic carbocycles. The monoisotopic (exact) mass is 356 g/mol. The van der Waals surface area contributed by atoms with Gasteiger partial charge in [-0.1, -0.05) is 43.2 Å². The highest BCUT2D eigenvalue weighted by molar-refractivity contribution is 7.15. The van der Waals surface area contributed by atoms with Crippen LogP contribution in [0, 0.1) is 5.92 Å². The minimum Gasteiger partial charge on any atom is -0.302 e. The fourth-order valence-electron chi connectivity index (χ4n) is 3.67. The highest BCUT2D eigenvalue weighted by Gasteiger charge is 2.34. The summed E-state index contributed by atoms with van der Waals surface area (Å²) in [5.74, 6) is -0.109. The second kappa shape index (κ2) is 7.64. The maximum absolute atomic E-state index is 12.8. The van der Waals surface area contributed by atoms with E-state index in [4.69, 9.17) is 4.98 Å². The maximum atomic E-state index is 12.8. The standard InChI is InChI=1S/C19H24N4OS/c24-18(14-12-20-23-17(14)13-8-4-3-5-9-13)22-19-21-15-10-6-1-2-7-11-16(15)25-19/h3-5,8-9,14,17,20,23H,1-2,6-7,10-12H2,(H,21,22,24). The van der Waals surface area contributed by atoms with Gasteiger partial charge in [-0.15, -0.1) is 11.3 Å². The van der Waals surface area contributed by atoms with E-state index in [1.54, 1.807) is 11.3 Å². The van der Waals surface area contributed by atoms with Crippen LogP contribution in [0.15, 0.2) is 30.3 Å². The van der Waals surface area contributed by atoms with Gasteiger partial charge in [0.25, 0.3) is 0 Å². The summed E-state index contributed by atoms with van der Waals surface area (Å²) in [6.07, 6.45) is 7.17. The Morgan fingerprint density at radius 2 is 1.92 bits per heavy atom. The summed E-state index contributed by atoms with van der Waals surface area (Å²) in [6, 6.07) is 10.1. The van der Waals surface area contributed by atoms with Crippen LogP contribution in [0.25, 0.3) is 0 Å². The number of hydrogen-bond donors (Lipinski definition) is 3. The van der Waals surface area contributed by atoms with Gasteiger partial charge in [-0.05, 0) is 31.2 Å². The van der Waals surface area contributed by atoms with Crippen LogP contribution in [0.5, 0.6) is 0 Å². The van der Waals surface area contributed by atoms with E-state index in [9.17, 15) is 4.79 Å². The molecule has 1 aromatic heterocycles. The van der Waals surface area contributed by atoms with Crippen molar-refractivity contribution in [1.29, 1.82) is 0 Å². The Morgan fingerprint density at radius 3 is 2.76 bits per heavy atom. The lowest BCUT2D eigenvalue weighted by atomic mass is 9.94. The van der Waals surface area contributed by atoms with E-state index in [1.165, 1.54) is 36.3 Å². The average Bonchev–Trinajstić information content (AvgIpc) is 3.23. The molecule has 0 bridgehead atoms. The quantitative estimate of drug-likeness (QED) is 0.790. The van der Waals surface area contributed by atoms with Gasteiger partial charge in [0.05, 0.1) is 17.7 Å². The fraction of sp³-hybridized carbons (Fsp3) is 0.474. The zero-order valence-electron chi connectivity index (χ0n) is 14.3. The maximum Gasteiger partial charge on any atom is 0.232 e. The number of hydrogen-bond acceptors (Lipinski definition) is 5. The zero-order valence-corrected chi connectivity index (χ0v) is 15.1. The average molecular weight is 356 g/mol. The van der Waals surface area contributed by atoms with Crippen molar-refractivity contribution < 1.29 is 4.79 Å². The molecule has 132 valence electrons. The molecule has 1 amide bonds. The van der Waals surface area contributed by atoms with Crippen LogP contribution in [-0.4, -0.2) is 17.4 Å². The number of nitrogens with one attached hydrogen (secondary N) is 3. The van der Waals surface area contributed by atoms with Crippen molar-refractivity contribution in [3.63, 3.8) is 0 Å². The number of anilines is 1. The van der Waals surface area contributed by atoms with Crippen molar-refractivity contribution in [3.05, 3.63) is 46.5 Å². The van der Waals surface area contributed by atoms with Gasteiger partial charge in [-0.25, -0.2) is 10.4 Å². The molecular formula is C19H24N4OS. The third-order valence-electron chi connectivity index (χ3n) is 5.05. The number of aryl methyl sites for hydroxylation is 2. The number of carbonyl (C=O) groups is 1. The molecule has 2 heterocycles. The number of amides is 1. The molecule has 1 aliphatic heterocycles. The number of nitrogens with zero attached hydrogens (tertiary/aromatic N) is 1. The molecule has 2 aliphatic rings. The number of hydrazine groups is 1. The summed E-state index contributed by atoms with van der Waals surface area (Å²) in [7, 11) is 0. The molecule has 0 spiro atoms. The zero-order chi connectivity index (χ0) is 17.1.